The third-order valence-electron chi connectivity index (χ3n) is 3.34. The number of aliphatic hydroxyl groups is 1. The maximum atomic E-state index is 12.1. The average molecular weight is 281 g/mol. The lowest BCUT2D eigenvalue weighted by atomic mass is 10.1. The van der Waals surface area contributed by atoms with Gasteiger partial charge in [0.2, 0.25) is 0 Å². The second-order valence-electron chi connectivity index (χ2n) is 4.81. The van der Waals surface area contributed by atoms with Gasteiger partial charge in [-0.3, -0.25) is 9.89 Å². The molecule has 0 fully saturated rings. The monoisotopic (exact) mass is 281 g/mol. The third kappa shape index (κ3) is 2.93. The highest BCUT2D eigenvalue weighted by molar-refractivity contribution is 5.97. The van der Waals surface area contributed by atoms with E-state index < -0.39 is 6.10 Å². The summed E-state index contributed by atoms with van der Waals surface area (Å²) in [4.78, 5) is 12.1. The molecule has 0 bridgehead atoms. The number of aliphatic hydroxyl groups excluding tert-OH is 1. The predicted molar refractivity (Wildman–Crippen MR) is 79.8 cm³/mol. The van der Waals surface area contributed by atoms with Crippen LogP contribution in [0.3, 0.4) is 0 Å². The maximum Gasteiger partial charge on any atom is 0.251 e. The SMILES string of the molecule is O=C(NC[C@H](O)c1ccccc1)c1ccc2[nH]ncc2c1. The number of fused-ring (bicyclic) bond motifs is 1. The number of rotatable bonds is 4. The highest BCUT2D eigenvalue weighted by Crippen LogP contribution is 2.14. The summed E-state index contributed by atoms with van der Waals surface area (Å²) in [5, 5.41) is 20.4. The lowest BCUT2D eigenvalue weighted by Gasteiger charge is -2.12. The first kappa shape index (κ1) is 13.3. The molecule has 5 nitrogen and oxygen atoms in total. The predicted octanol–water partition coefficient (Wildman–Crippen LogP) is 2.03. The number of aromatic amines is 1. The summed E-state index contributed by atoms with van der Waals surface area (Å²) in [6.07, 6.45) is 0.957. The number of aromatic nitrogens is 2. The van der Waals surface area contributed by atoms with Gasteiger partial charge in [-0.15, -0.1) is 0 Å². The molecule has 1 heterocycles. The largest absolute Gasteiger partial charge is 0.387 e. The Labute approximate surface area is 121 Å². The van der Waals surface area contributed by atoms with Crippen LogP contribution in [0, 0.1) is 0 Å². The molecule has 1 amide bonds. The summed E-state index contributed by atoms with van der Waals surface area (Å²) >= 11 is 0. The van der Waals surface area contributed by atoms with Gasteiger partial charge < -0.3 is 10.4 Å². The second kappa shape index (κ2) is 5.76. The molecule has 3 aromatic rings. The van der Waals surface area contributed by atoms with Crippen molar-refractivity contribution in [2.24, 2.45) is 0 Å². The Bertz CT molecular complexity index is 752. The van der Waals surface area contributed by atoms with Crippen molar-refractivity contribution in [3.8, 4) is 0 Å². The Balaban J connectivity index is 1.66. The molecule has 0 aliphatic heterocycles. The molecule has 0 saturated carbocycles. The first-order valence-electron chi connectivity index (χ1n) is 6.68. The zero-order valence-corrected chi connectivity index (χ0v) is 11.3. The van der Waals surface area contributed by atoms with E-state index in [1.54, 1.807) is 18.3 Å². The van der Waals surface area contributed by atoms with E-state index in [2.05, 4.69) is 15.5 Å². The van der Waals surface area contributed by atoms with Crippen molar-refractivity contribution < 1.29 is 9.90 Å². The van der Waals surface area contributed by atoms with Gasteiger partial charge in [0.1, 0.15) is 0 Å². The molecule has 3 rings (SSSR count). The molecular weight excluding hydrogens is 266 g/mol. The number of hydrogen-bond acceptors (Lipinski definition) is 3. The summed E-state index contributed by atoms with van der Waals surface area (Å²) in [5.74, 6) is -0.215. The van der Waals surface area contributed by atoms with E-state index >= 15 is 0 Å². The molecular formula is C16H15N3O2. The number of nitrogens with zero attached hydrogens (tertiary/aromatic N) is 1. The van der Waals surface area contributed by atoms with Crippen LogP contribution in [0.2, 0.25) is 0 Å². The second-order valence-corrected chi connectivity index (χ2v) is 4.81. The molecule has 0 radical (unpaired) electrons. The molecule has 2 aromatic carbocycles. The molecule has 1 aromatic heterocycles. The highest BCUT2D eigenvalue weighted by Gasteiger charge is 2.11. The van der Waals surface area contributed by atoms with Crippen LogP contribution in [0.15, 0.2) is 54.7 Å². The fraction of sp³-hybridized carbons (Fsp3) is 0.125. The molecule has 0 aliphatic rings. The van der Waals surface area contributed by atoms with E-state index in [0.717, 1.165) is 16.5 Å². The lowest BCUT2D eigenvalue weighted by molar-refractivity contribution is 0.0916. The van der Waals surface area contributed by atoms with Crippen LogP contribution in [-0.2, 0) is 0 Å². The van der Waals surface area contributed by atoms with E-state index in [0.29, 0.717) is 5.56 Å². The zero-order chi connectivity index (χ0) is 14.7. The summed E-state index contributed by atoms with van der Waals surface area (Å²) in [6, 6.07) is 14.6. The number of carbonyl (C=O) groups is 1. The highest BCUT2D eigenvalue weighted by atomic mass is 16.3. The van der Waals surface area contributed by atoms with Crippen LogP contribution in [0.4, 0.5) is 0 Å². The molecule has 0 aliphatic carbocycles. The van der Waals surface area contributed by atoms with Gasteiger partial charge >= 0.3 is 0 Å². The van der Waals surface area contributed by atoms with Crippen molar-refractivity contribution in [2.45, 2.75) is 6.10 Å². The molecule has 0 spiro atoms. The number of carbonyl (C=O) groups excluding carboxylic acids is 1. The zero-order valence-electron chi connectivity index (χ0n) is 11.3. The molecule has 1 atom stereocenters. The molecule has 0 saturated heterocycles. The molecule has 106 valence electrons. The fourth-order valence-electron chi connectivity index (χ4n) is 2.17. The minimum absolute atomic E-state index is 0.173. The lowest BCUT2D eigenvalue weighted by Crippen LogP contribution is -2.28. The van der Waals surface area contributed by atoms with Crippen molar-refractivity contribution >= 4 is 16.8 Å². The Morgan fingerprint density at radius 1 is 1.24 bits per heavy atom. The normalized spacial score (nSPS) is 12.2. The van der Waals surface area contributed by atoms with Gasteiger partial charge in [-0.05, 0) is 23.8 Å². The van der Waals surface area contributed by atoms with Gasteiger partial charge in [-0.1, -0.05) is 30.3 Å². The number of benzene rings is 2. The van der Waals surface area contributed by atoms with Crippen LogP contribution in [0.5, 0.6) is 0 Å². The molecule has 0 unspecified atom stereocenters. The van der Waals surface area contributed by atoms with E-state index in [9.17, 15) is 9.90 Å². The van der Waals surface area contributed by atoms with Crippen LogP contribution in [-0.4, -0.2) is 27.8 Å². The quantitative estimate of drug-likeness (QED) is 0.684. The topological polar surface area (TPSA) is 78.0 Å². The minimum atomic E-state index is -0.715. The van der Waals surface area contributed by atoms with E-state index in [4.69, 9.17) is 0 Å². The summed E-state index contributed by atoms with van der Waals surface area (Å²) in [5.41, 5.74) is 2.21. The maximum absolute atomic E-state index is 12.1. The van der Waals surface area contributed by atoms with Crippen molar-refractivity contribution in [2.75, 3.05) is 6.54 Å². The summed E-state index contributed by atoms with van der Waals surface area (Å²) < 4.78 is 0. The van der Waals surface area contributed by atoms with Gasteiger partial charge in [0, 0.05) is 17.5 Å². The Morgan fingerprint density at radius 3 is 2.86 bits per heavy atom. The number of hydrogen-bond donors (Lipinski definition) is 3. The van der Waals surface area contributed by atoms with Crippen molar-refractivity contribution in [1.82, 2.24) is 15.5 Å². The smallest absolute Gasteiger partial charge is 0.251 e. The van der Waals surface area contributed by atoms with Crippen molar-refractivity contribution in [1.29, 1.82) is 0 Å². The van der Waals surface area contributed by atoms with Crippen molar-refractivity contribution in [3.63, 3.8) is 0 Å². The average Bonchev–Trinajstić information content (AvgIpc) is 3.00. The number of nitrogens with one attached hydrogen (secondary N) is 2. The van der Waals surface area contributed by atoms with E-state index in [-0.39, 0.29) is 12.5 Å². The third-order valence-corrected chi connectivity index (χ3v) is 3.34. The molecule has 3 N–H and O–H groups in total. The number of amides is 1. The Hall–Kier alpha value is -2.66. The summed E-state index contributed by atoms with van der Waals surface area (Å²) in [6.45, 7) is 0.173. The van der Waals surface area contributed by atoms with Crippen LogP contribution < -0.4 is 5.32 Å². The Kier molecular flexibility index (Phi) is 3.66. The minimum Gasteiger partial charge on any atom is -0.387 e. The first-order chi connectivity index (χ1) is 10.2. The fourth-order valence-corrected chi connectivity index (χ4v) is 2.17. The van der Waals surface area contributed by atoms with Gasteiger partial charge in [0.15, 0.2) is 0 Å². The van der Waals surface area contributed by atoms with E-state index in [1.807, 2.05) is 36.4 Å². The van der Waals surface area contributed by atoms with Crippen LogP contribution in [0.25, 0.3) is 10.9 Å². The van der Waals surface area contributed by atoms with Gasteiger partial charge in [0.05, 0.1) is 17.8 Å². The Morgan fingerprint density at radius 2 is 2.05 bits per heavy atom. The molecule has 5 heteroatoms. The van der Waals surface area contributed by atoms with E-state index in [1.165, 1.54) is 0 Å². The van der Waals surface area contributed by atoms with Gasteiger partial charge in [-0.25, -0.2) is 0 Å². The molecule has 21 heavy (non-hydrogen) atoms. The standard InChI is InChI=1S/C16H15N3O2/c20-15(11-4-2-1-3-5-11)10-17-16(21)12-6-7-14-13(8-12)9-18-19-14/h1-9,15,20H,10H2,(H,17,21)(H,18,19)/t15-/m0/s1. The van der Waals surface area contributed by atoms with Crippen LogP contribution in [0.1, 0.15) is 22.0 Å². The first-order valence-corrected chi connectivity index (χ1v) is 6.68. The van der Waals surface area contributed by atoms with Crippen molar-refractivity contribution in [3.05, 3.63) is 65.9 Å². The summed E-state index contributed by atoms with van der Waals surface area (Å²) in [7, 11) is 0. The number of H-pyrrole nitrogens is 1. The van der Waals surface area contributed by atoms with Crippen LogP contribution >= 0.6 is 0 Å². The van der Waals surface area contributed by atoms with Gasteiger partial charge in [0.25, 0.3) is 5.91 Å². The van der Waals surface area contributed by atoms with Gasteiger partial charge in [-0.2, -0.15) is 5.10 Å².